The first-order chi connectivity index (χ1) is 10.0. The summed E-state index contributed by atoms with van der Waals surface area (Å²) in [5, 5.41) is 20.2. The maximum atomic E-state index is 10.4. The van der Waals surface area contributed by atoms with Crippen molar-refractivity contribution in [2.24, 2.45) is 17.3 Å². The quantitative estimate of drug-likeness (QED) is 0.753. The van der Waals surface area contributed by atoms with E-state index in [1.54, 1.807) is 0 Å². The van der Waals surface area contributed by atoms with Gasteiger partial charge in [0.05, 0.1) is 6.10 Å². The van der Waals surface area contributed by atoms with Gasteiger partial charge in [0.25, 0.3) is 0 Å². The fraction of sp³-hybridized carbons (Fsp3) is 0.579. The topological polar surface area (TPSA) is 40.5 Å². The Kier molecular flexibility index (Phi) is 2.78. The molecule has 0 spiro atoms. The number of hydrogen-bond donors (Lipinski definition) is 2. The van der Waals surface area contributed by atoms with Crippen molar-refractivity contribution in [1.82, 2.24) is 0 Å². The molecule has 0 amide bonds. The minimum absolute atomic E-state index is 0.107. The second kappa shape index (κ2) is 4.36. The Bertz CT molecular complexity index is 606. The molecule has 2 nitrogen and oxygen atoms in total. The van der Waals surface area contributed by atoms with Crippen molar-refractivity contribution in [3.05, 3.63) is 35.9 Å². The maximum absolute atomic E-state index is 10.4. The average Bonchev–Trinajstić information content (AvgIpc) is 2.76. The molecule has 3 unspecified atom stereocenters. The molecule has 2 fully saturated rings. The summed E-state index contributed by atoms with van der Waals surface area (Å²) in [5.74, 6) is 2.15. The van der Waals surface area contributed by atoms with Gasteiger partial charge in [-0.2, -0.15) is 0 Å². The molecule has 2 N–H and O–H groups in total. The fourth-order valence-corrected chi connectivity index (χ4v) is 5.50. The monoisotopic (exact) mass is 284 g/mol. The van der Waals surface area contributed by atoms with Crippen LogP contribution >= 0.6 is 0 Å². The van der Waals surface area contributed by atoms with E-state index in [9.17, 15) is 10.2 Å². The molecule has 4 rings (SSSR count). The van der Waals surface area contributed by atoms with Crippen molar-refractivity contribution in [3.8, 4) is 5.75 Å². The van der Waals surface area contributed by atoms with Crippen LogP contribution in [0.3, 0.4) is 0 Å². The summed E-state index contributed by atoms with van der Waals surface area (Å²) in [4.78, 5) is 0. The molecule has 5 atom stereocenters. The van der Waals surface area contributed by atoms with Crippen LogP contribution in [-0.2, 0) is 0 Å². The minimum Gasteiger partial charge on any atom is -0.508 e. The minimum atomic E-state index is -0.127. The highest BCUT2D eigenvalue weighted by Gasteiger charge is 2.54. The van der Waals surface area contributed by atoms with Crippen molar-refractivity contribution in [2.75, 3.05) is 0 Å². The SMILES string of the molecule is C=C1CC2C(CC[C@@]3(C)C2CC[C@@H]3O)c2ccc(O)cc21. The molecule has 0 bridgehead atoms. The van der Waals surface area contributed by atoms with Crippen LogP contribution in [0.1, 0.15) is 56.1 Å². The Morgan fingerprint density at radius 2 is 2.05 bits per heavy atom. The Balaban J connectivity index is 1.77. The van der Waals surface area contributed by atoms with Gasteiger partial charge in [0.15, 0.2) is 0 Å². The summed E-state index contributed by atoms with van der Waals surface area (Å²) in [5.41, 5.74) is 3.80. The molecule has 2 heteroatoms. The second-order valence-electron chi connectivity index (χ2n) is 7.59. The van der Waals surface area contributed by atoms with Crippen LogP contribution in [0.4, 0.5) is 0 Å². The van der Waals surface area contributed by atoms with Gasteiger partial charge in [0.1, 0.15) is 5.75 Å². The summed E-state index contributed by atoms with van der Waals surface area (Å²) in [6, 6.07) is 5.79. The highest BCUT2D eigenvalue weighted by atomic mass is 16.3. The van der Waals surface area contributed by atoms with Crippen LogP contribution < -0.4 is 0 Å². The van der Waals surface area contributed by atoms with Gasteiger partial charge in [0.2, 0.25) is 0 Å². The van der Waals surface area contributed by atoms with Gasteiger partial charge in [-0.25, -0.2) is 0 Å². The number of phenols is 1. The number of hydrogen-bond acceptors (Lipinski definition) is 2. The third kappa shape index (κ3) is 1.75. The predicted octanol–water partition coefficient (Wildman–Crippen LogP) is 4.08. The number of allylic oxidation sites excluding steroid dienone is 1. The van der Waals surface area contributed by atoms with E-state index in [0.29, 0.717) is 23.5 Å². The molecule has 0 aromatic heterocycles. The molecule has 0 heterocycles. The molecule has 21 heavy (non-hydrogen) atoms. The highest BCUT2D eigenvalue weighted by Crippen LogP contribution is 2.62. The summed E-state index contributed by atoms with van der Waals surface area (Å²) < 4.78 is 0. The van der Waals surface area contributed by atoms with E-state index in [4.69, 9.17) is 0 Å². The molecule has 3 aliphatic rings. The first-order valence-electron chi connectivity index (χ1n) is 8.20. The van der Waals surface area contributed by atoms with Crippen molar-refractivity contribution < 1.29 is 10.2 Å². The van der Waals surface area contributed by atoms with Gasteiger partial charge in [0, 0.05) is 0 Å². The summed E-state index contributed by atoms with van der Waals surface area (Å²) in [6.45, 7) is 6.56. The van der Waals surface area contributed by atoms with E-state index >= 15 is 0 Å². The van der Waals surface area contributed by atoms with E-state index in [1.807, 2.05) is 12.1 Å². The predicted molar refractivity (Wildman–Crippen MR) is 84.1 cm³/mol. The van der Waals surface area contributed by atoms with E-state index in [-0.39, 0.29) is 11.5 Å². The fourth-order valence-electron chi connectivity index (χ4n) is 5.50. The lowest BCUT2D eigenvalue weighted by Crippen LogP contribution is -2.43. The van der Waals surface area contributed by atoms with Crippen LogP contribution in [0.15, 0.2) is 24.8 Å². The molecular formula is C19H24O2. The van der Waals surface area contributed by atoms with Crippen molar-refractivity contribution >= 4 is 5.57 Å². The number of fused-ring (bicyclic) bond motifs is 5. The van der Waals surface area contributed by atoms with Gasteiger partial charge >= 0.3 is 0 Å². The van der Waals surface area contributed by atoms with Crippen LogP contribution in [-0.4, -0.2) is 16.3 Å². The Morgan fingerprint density at radius 3 is 2.86 bits per heavy atom. The summed E-state index contributed by atoms with van der Waals surface area (Å²) in [6.07, 6.45) is 5.28. The zero-order valence-electron chi connectivity index (χ0n) is 12.7. The van der Waals surface area contributed by atoms with Crippen molar-refractivity contribution in [3.63, 3.8) is 0 Å². The molecule has 2 saturated carbocycles. The van der Waals surface area contributed by atoms with Gasteiger partial charge in [-0.3, -0.25) is 0 Å². The number of aliphatic hydroxyl groups excluding tert-OH is 1. The molecule has 112 valence electrons. The van der Waals surface area contributed by atoms with E-state index < -0.39 is 0 Å². The number of rotatable bonds is 0. The molecular weight excluding hydrogens is 260 g/mol. The number of benzene rings is 1. The smallest absolute Gasteiger partial charge is 0.116 e. The average molecular weight is 284 g/mol. The first-order valence-corrected chi connectivity index (χ1v) is 8.20. The molecule has 1 aromatic rings. The third-order valence-corrected chi connectivity index (χ3v) is 6.69. The van der Waals surface area contributed by atoms with Crippen LogP contribution in [0.5, 0.6) is 5.75 Å². The first kappa shape index (κ1) is 13.4. The lowest BCUT2D eigenvalue weighted by Gasteiger charge is -2.50. The molecule has 1 aromatic carbocycles. The second-order valence-corrected chi connectivity index (χ2v) is 7.59. The van der Waals surface area contributed by atoms with Crippen molar-refractivity contribution in [2.45, 2.75) is 51.0 Å². The normalized spacial score (nSPS) is 41.3. The number of aromatic hydroxyl groups is 1. The Morgan fingerprint density at radius 1 is 1.24 bits per heavy atom. The van der Waals surface area contributed by atoms with Crippen molar-refractivity contribution in [1.29, 1.82) is 0 Å². The van der Waals surface area contributed by atoms with E-state index in [1.165, 1.54) is 11.1 Å². The summed E-state index contributed by atoms with van der Waals surface area (Å²) in [7, 11) is 0. The highest BCUT2D eigenvalue weighted by molar-refractivity contribution is 5.70. The van der Waals surface area contributed by atoms with Crippen LogP contribution in [0.2, 0.25) is 0 Å². The number of aliphatic hydroxyl groups is 1. The molecule has 0 saturated heterocycles. The summed E-state index contributed by atoms with van der Waals surface area (Å²) >= 11 is 0. The molecule has 0 aliphatic heterocycles. The zero-order chi connectivity index (χ0) is 14.8. The van der Waals surface area contributed by atoms with Gasteiger partial charge in [-0.1, -0.05) is 19.6 Å². The Labute approximate surface area is 126 Å². The lowest BCUT2D eigenvalue weighted by molar-refractivity contribution is -0.0183. The van der Waals surface area contributed by atoms with E-state index in [0.717, 1.165) is 37.7 Å². The van der Waals surface area contributed by atoms with Crippen LogP contribution in [0, 0.1) is 17.3 Å². The standard InChI is InChI=1S/C19H24O2/c1-11-9-16-14(13-4-3-12(20)10-15(11)13)7-8-19(2)17(16)5-6-18(19)21/h3-4,10,14,16-18,20-21H,1,5-9H2,2H3/t14?,16?,17?,18-,19-/m0/s1. The number of phenolic OH excluding ortho intramolecular Hbond substituents is 1. The third-order valence-electron chi connectivity index (χ3n) is 6.69. The van der Waals surface area contributed by atoms with Gasteiger partial charge < -0.3 is 10.2 Å². The zero-order valence-corrected chi connectivity index (χ0v) is 12.7. The largest absolute Gasteiger partial charge is 0.508 e. The lowest BCUT2D eigenvalue weighted by atomic mass is 9.55. The maximum Gasteiger partial charge on any atom is 0.116 e. The van der Waals surface area contributed by atoms with Gasteiger partial charge in [-0.15, -0.1) is 0 Å². The molecule has 0 radical (unpaired) electrons. The van der Waals surface area contributed by atoms with Crippen LogP contribution in [0.25, 0.3) is 5.57 Å². The Hall–Kier alpha value is -1.28. The van der Waals surface area contributed by atoms with Gasteiger partial charge in [-0.05, 0) is 84.1 Å². The molecule has 3 aliphatic carbocycles. The van der Waals surface area contributed by atoms with E-state index in [2.05, 4.69) is 19.6 Å².